The topological polar surface area (TPSA) is 46.2 Å². The van der Waals surface area contributed by atoms with Gasteiger partial charge in [0.1, 0.15) is 12.1 Å². The Kier molecular flexibility index (Phi) is 5.33. The zero-order valence-corrected chi connectivity index (χ0v) is 12.3. The number of hydrogen-bond acceptors (Lipinski definition) is 2. The molecule has 0 spiro atoms. The molecular weight excluding hydrogens is 326 g/mol. The van der Waals surface area contributed by atoms with Crippen molar-refractivity contribution in [1.82, 2.24) is 5.32 Å². The lowest BCUT2D eigenvalue weighted by molar-refractivity contribution is -0.138. The van der Waals surface area contributed by atoms with Crippen LogP contribution in [-0.2, 0) is 17.4 Å². The molecule has 0 radical (unpaired) electrons. The first-order valence-electron chi connectivity index (χ1n) is 6.98. The number of carbonyl (C=O) groups is 2. The molecule has 0 aliphatic carbocycles. The van der Waals surface area contributed by atoms with Crippen molar-refractivity contribution in [1.29, 1.82) is 0 Å². The molecule has 0 aliphatic rings. The van der Waals surface area contributed by atoms with Crippen LogP contribution in [0.3, 0.4) is 0 Å². The van der Waals surface area contributed by atoms with Gasteiger partial charge < -0.3 is 10.1 Å². The summed E-state index contributed by atoms with van der Waals surface area (Å²) in [6, 6.07) is 9.78. The van der Waals surface area contributed by atoms with Crippen molar-refractivity contribution < 1.29 is 27.2 Å². The summed E-state index contributed by atoms with van der Waals surface area (Å²) in [6.45, 7) is 0. The van der Waals surface area contributed by atoms with Crippen LogP contribution in [0.4, 0.5) is 17.6 Å². The first-order chi connectivity index (χ1) is 11.3. The van der Waals surface area contributed by atoms with Crippen LogP contribution < -0.4 is 5.32 Å². The van der Waals surface area contributed by atoms with Crippen LogP contribution in [0.2, 0.25) is 0 Å². The number of aldehydes is 1. The Morgan fingerprint density at radius 3 is 2.33 bits per heavy atom. The molecule has 126 valence electrons. The van der Waals surface area contributed by atoms with Gasteiger partial charge >= 0.3 is 6.18 Å². The van der Waals surface area contributed by atoms with E-state index in [2.05, 4.69) is 5.32 Å². The van der Waals surface area contributed by atoms with Crippen molar-refractivity contribution in [3.05, 3.63) is 71.0 Å². The average Bonchev–Trinajstić information content (AvgIpc) is 2.54. The fraction of sp³-hybridized carbons (Fsp3) is 0.176. The van der Waals surface area contributed by atoms with Crippen LogP contribution in [0.15, 0.2) is 48.5 Å². The van der Waals surface area contributed by atoms with Gasteiger partial charge in [0.25, 0.3) is 5.91 Å². The van der Waals surface area contributed by atoms with E-state index in [9.17, 15) is 27.2 Å². The third kappa shape index (κ3) is 4.18. The van der Waals surface area contributed by atoms with Crippen molar-refractivity contribution >= 4 is 12.2 Å². The maximum Gasteiger partial charge on any atom is 0.417 e. The van der Waals surface area contributed by atoms with Crippen molar-refractivity contribution in [2.24, 2.45) is 0 Å². The minimum Gasteiger partial charge on any atom is -0.342 e. The Bertz CT molecular complexity index is 729. The van der Waals surface area contributed by atoms with E-state index in [-0.39, 0.29) is 6.42 Å². The minimum absolute atomic E-state index is 0.0892. The van der Waals surface area contributed by atoms with Crippen LogP contribution in [0, 0.1) is 5.82 Å². The second-order valence-corrected chi connectivity index (χ2v) is 5.07. The highest BCUT2D eigenvalue weighted by atomic mass is 19.4. The highest BCUT2D eigenvalue weighted by Crippen LogP contribution is 2.33. The molecule has 0 aliphatic heterocycles. The third-order valence-electron chi connectivity index (χ3n) is 3.33. The zero-order valence-electron chi connectivity index (χ0n) is 12.3. The van der Waals surface area contributed by atoms with Gasteiger partial charge in [-0.1, -0.05) is 36.4 Å². The number of alkyl halides is 3. The van der Waals surface area contributed by atoms with Gasteiger partial charge in [-0.25, -0.2) is 4.39 Å². The molecule has 0 fully saturated rings. The molecule has 2 aromatic carbocycles. The van der Waals surface area contributed by atoms with Gasteiger partial charge in [-0.2, -0.15) is 13.2 Å². The van der Waals surface area contributed by atoms with Crippen LogP contribution in [0.1, 0.15) is 21.5 Å². The molecule has 0 aromatic heterocycles. The lowest BCUT2D eigenvalue weighted by atomic mass is 10.0. The van der Waals surface area contributed by atoms with E-state index >= 15 is 0 Å². The van der Waals surface area contributed by atoms with Gasteiger partial charge in [0, 0.05) is 0 Å². The molecule has 0 saturated carbocycles. The average molecular weight is 339 g/mol. The van der Waals surface area contributed by atoms with Crippen LogP contribution in [-0.4, -0.2) is 18.2 Å². The van der Waals surface area contributed by atoms with E-state index in [1.165, 1.54) is 0 Å². The molecule has 0 saturated heterocycles. The molecule has 0 heterocycles. The predicted octanol–water partition coefficient (Wildman–Crippen LogP) is 3.38. The van der Waals surface area contributed by atoms with E-state index in [1.54, 1.807) is 30.3 Å². The fourth-order valence-corrected chi connectivity index (χ4v) is 2.23. The second-order valence-electron chi connectivity index (χ2n) is 5.07. The molecule has 1 amide bonds. The SMILES string of the molecule is O=CC(Cc1ccccc1)NC(=O)c1c(F)cccc1C(F)(F)F. The van der Waals surface area contributed by atoms with Gasteiger partial charge in [-0.15, -0.1) is 0 Å². The summed E-state index contributed by atoms with van der Waals surface area (Å²) < 4.78 is 52.6. The Balaban J connectivity index is 2.24. The predicted molar refractivity (Wildman–Crippen MR) is 78.9 cm³/mol. The molecule has 2 rings (SSSR count). The van der Waals surface area contributed by atoms with E-state index in [0.717, 1.165) is 12.1 Å². The lowest BCUT2D eigenvalue weighted by Crippen LogP contribution is -2.39. The number of amides is 1. The molecule has 2 aromatic rings. The fourth-order valence-electron chi connectivity index (χ4n) is 2.23. The van der Waals surface area contributed by atoms with Crippen molar-refractivity contribution in [3.8, 4) is 0 Å². The van der Waals surface area contributed by atoms with Gasteiger partial charge in [-0.05, 0) is 24.1 Å². The van der Waals surface area contributed by atoms with E-state index in [0.29, 0.717) is 17.9 Å². The Labute approximate surface area is 135 Å². The molecule has 24 heavy (non-hydrogen) atoms. The maximum atomic E-state index is 13.8. The monoisotopic (exact) mass is 339 g/mol. The van der Waals surface area contributed by atoms with Crippen LogP contribution >= 0.6 is 0 Å². The highest BCUT2D eigenvalue weighted by molar-refractivity contribution is 5.97. The summed E-state index contributed by atoms with van der Waals surface area (Å²) >= 11 is 0. The number of carbonyl (C=O) groups excluding carboxylic acids is 2. The normalized spacial score (nSPS) is 12.5. The zero-order chi connectivity index (χ0) is 17.7. The first-order valence-corrected chi connectivity index (χ1v) is 6.98. The smallest absolute Gasteiger partial charge is 0.342 e. The quantitative estimate of drug-likeness (QED) is 0.670. The van der Waals surface area contributed by atoms with E-state index in [4.69, 9.17) is 0 Å². The van der Waals surface area contributed by atoms with Crippen molar-refractivity contribution in [2.75, 3.05) is 0 Å². The summed E-state index contributed by atoms with van der Waals surface area (Å²) in [5.74, 6) is -2.58. The molecule has 1 atom stereocenters. The number of hydrogen-bond donors (Lipinski definition) is 1. The molecule has 1 unspecified atom stereocenters. The van der Waals surface area contributed by atoms with Gasteiger partial charge in [0.15, 0.2) is 0 Å². The lowest BCUT2D eigenvalue weighted by Gasteiger charge is -2.16. The standard InChI is InChI=1S/C17H13F4NO2/c18-14-8-4-7-13(17(19,20)21)15(14)16(24)22-12(10-23)9-11-5-2-1-3-6-11/h1-8,10,12H,9H2,(H,22,24). The largest absolute Gasteiger partial charge is 0.417 e. The summed E-state index contributed by atoms with van der Waals surface area (Å²) in [5, 5.41) is 2.14. The van der Waals surface area contributed by atoms with Crippen LogP contribution in [0.25, 0.3) is 0 Å². The Morgan fingerprint density at radius 2 is 1.75 bits per heavy atom. The van der Waals surface area contributed by atoms with Gasteiger partial charge in [0.2, 0.25) is 0 Å². The summed E-state index contributed by atoms with van der Waals surface area (Å²) in [7, 11) is 0. The van der Waals surface area contributed by atoms with Gasteiger partial charge in [0.05, 0.1) is 17.2 Å². The molecule has 7 heteroatoms. The number of nitrogens with one attached hydrogen (secondary N) is 1. The highest BCUT2D eigenvalue weighted by Gasteiger charge is 2.37. The van der Waals surface area contributed by atoms with Crippen molar-refractivity contribution in [3.63, 3.8) is 0 Å². The summed E-state index contributed by atoms with van der Waals surface area (Å²) in [5.41, 5.74) is -1.80. The van der Waals surface area contributed by atoms with E-state index in [1.807, 2.05) is 0 Å². The number of benzene rings is 2. The summed E-state index contributed by atoms with van der Waals surface area (Å²) in [4.78, 5) is 23.2. The Morgan fingerprint density at radius 1 is 1.08 bits per heavy atom. The summed E-state index contributed by atoms with van der Waals surface area (Å²) in [6.07, 6.45) is -4.39. The van der Waals surface area contributed by atoms with Crippen molar-refractivity contribution in [2.45, 2.75) is 18.6 Å². The molecular formula is C17H13F4NO2. The number of halogens is 4. The minimum atomic E-state index is -4.88. The molecule has 0 bridgehead atoms. The van der Waals surface area contributed by atoms with Gasteiger partial charge in [-0.3, -0.25) is 4.79 Å². The number of rotatable bonds is 5. The molecule has 1 N–H and O–H groups in total. The Hall–Kier alpha value is -2.70. The molecule has 3 nitrogen and oxygen atoms in total. The maximum absolute atomic E-state index is 13.8. The first kappa shape index (κ1) is 17.7. The second kappa shape index (κ2) is 7.25. The third-order valence-corrected chi connectivity index (χ3v) is 3.33. The van der Waals surface area contributed by atoms with Crippen LogP contribution in [0.5, 0.6) is 0 Å². The van der Waals surface area contributed by atoms with E-state index < -0.39 is 35.1 Å².